The number of aromatic nitrogens is 1. The van der Waals surface area contributed by atoms with Crippen LogP contribution in [0.1, 0.15) is 27.3 Å². The summed E-state index contributed by atoms with van der Waals surface area (Å²) >= 11 is 0. The van der Waals surface area contributed by atoms with Crippen molar-refractivity contribution in [2.24, 2.45) is 0 Å². The number of carbonyl (C=O) groups is 1. The van der Waals surface area contributed by atoms with Gasteiger partial charge in [0.1, 0.15) is 17.3 Å². The lowest BCUT2D eigenvalue weighted by Gasteiger charge is -2.26. The van der Waals surface area contributed by atoms with Gasteiger partial charge in [0.05, 0.1) is 19.8 Å². The van der Waals surface area contributed by atoms with Crippen LogP contribution in [0.25, 0.3) is 0 Å². The molecule has 5 nitrogen and oxygen atoms in total. The molecule has 0 radical (unpaired) electrons. The number of benzene rings is 1. The summed E-state index contributed by atoms with van der Waals surface area (Å²) < 4.78 is 35.1. The number of halogens is 2. The first-order valence-electron chi connectivity index (χ1n) is 9.15. The smallest absolute Gasteiger partial charge is 0.268 e. The molecule has 1 aliphatic heterocycles. The molecule has 0 bridgehead atoms. The third-order valence-electron chi connectivity index (χ3n) is 4.90. The SMILES string of the molecule is Cc1cc(C)n(Cc2c(F)cccc2F)c1C(=O)NCCN1CCOCC1. The second-order valence-electron chi connectivity index (χ2n) is 6.81. The lowest BCUT2D eigenvalue weighted by Crippen LogP contribution is -2.41. The van der Waals surface area contributed by atoms with Gasteiger partial charge in [-0.05, 0) is 37.6 Å². The van der Waals surface area contributed by atoms with E-state index in [4.69, 9.17) is 4.74 Å². The minimum absolute atomic E-state index is 0.0234. The molecule has 2 heterocycles. The summed E-state index contributed by atoms with van der Waals surface area (Å²) in [5, 5.41) is 2.93. The Balaban J connectivity index is 1.72. The maximum absolute atomic E-state index is 14.0. The van der Waals surface area contributed by atoms with Crippen LogP contribution in [0.4, 0.5) is 8.78 Å². The highest BCUT2D eigenvalue weighted by Crippen LogP contribution is 2.20. The van der Waals surface area contributed by atoms with E-state index < -0.39 is 11.6 Å². The zero-order chi connectivity index (χ0) is 19.4. The molecule has 2 aromatic rings. The number of hydrogen-bond acceptors (Lipinski definition) is 3. The highest BCUT2D eigenvalue weighted by atomic mass is 19.1. The van der Waals surface area contributed by atoms with Crippen LogP contribution in [0, 0.1) is 25.5 Å². The van der Waals surface area contributed by atoms with E-state index in [0.29, 0.717) is 25.5 Å². The Morgan fingerprint density at radius 3 is 2.52 bits per heavy atom. The lowest BCUT2D eigenvalue weighted by atomic mass is 10.2. The molecule has 0 spiro atoms. The Bertz CT molecular complexity index is 794. The topological polar surface area (TPSA) is 46.5 Å². The second kappa shape index (κ2) is 8.63. The second-order valence-corrected chi connectivity index (χ2v) is 6.81. The van der Waals surface area contributed by atoms with Gasteiger partial charge in [0.15, 0.2) is 0 Å². The summed E-state index contributed by atoms with van der Waals surface area (Å²) in [5.41, 5.74) is 1.97. The molecule has 0 atom stereocenters. The van der Waals surface area contributed by atoms with Crippen molar-refractivity contribution < 1.29 is 18.3 Å². The van der Waals surface area contributed by atoms with Gasteiger partial charge in [0, 0.05) is 37.4 Å². The molecule has 1 amide bonds. The summed E-state index contributed by atoms with van der Waals surface area (Å²) in [6.07, 6.45) is 0. The number of aryl methyl sites for hydroxylation is 2. The van der Waals surface area contributed by atoms with Crippen molar-refractivity contribution >= 4 is 5.91 Å². The number of nitrogens with one attached hydrogen (secondary N) is 1. The van der Waals surface area contributed by atoms with Crippen LogP contribution in [-0.4, -0.2) is 54.8 Å². The van der Waals surface area contributed by atoms with Gasteiger partial charge >= 0.3 is 0 Å². The first-order chi connectivity index (χ1) is 13.0. The minimum atomic E-state index is -0.612. The van der Waals surface area contributed by atoms with E-state index >= 15 is 0 Å². The molecule has 1 aromatic carbocycles. The van der Waals surface area contributed by atoms with E-state index in [2.05, 4.69) is 10.2 Å². The summed E-state index contributed by atoms with van der Waals surface area (Å²) in [4.78, 5) is 15.0. The predicted octanol–water partition coefficient (Wildman–Crippen LogP) is 2.49. The normalized spacial score (nSPS) is 15.1. The average molecular weight is 377 g/mol. The van der Waals surface area contributed by atoms with Crippen LogP contribution in [0.15, 0.2) is 24.3 Å². The maximum atomic E-state index is 14.0. The maximum Gasteiger partial charge on any atom is 0.268 e. The number of morpholine rings is 1. The van der Waals surface area contributed by atoms with Gasteiger partial charge in [-0.1, -0.05) is 6.07 Å². The van der Waals surface area contributed by atoms with Crippen molar-refractivity contribution in [2.45, 2.75) is 20.4 Å². The van der Waals surface area contributed by atoms with Gasteiger partial charge in [-0.15, -0.1) is 0 Å². The number of amides is 1. The highest BCUT2D eigenvalue weighted by molar-refractivity contribution is 5.94. The summed E-state index contributed by atoms with van der Waals surface area (Å²) in [5.74, 6) is -1.45. The molecule has 1 N–H and O–H groups in total. The summed E-state index contributed by atoms with van der Waals surface area (Å²) in [7, 11) is 0. The quantitative estimate of drug-likeness (QED) is 0.841. The van der Waals surface area contributed by atoms with Gasteiger partial charge < -0.3 is 14.6 Å². The molecule has 27 heavy (non-hydrogen) atoms. The van der Waals surface area contributed by atoms with E-state index in [-0.39, 0.29) is 18.0 Å². The number of rotatable bonds is 6. The number of nitrogens with zero attached hydrogens (tertiary/aromatic N) is 2. The fourth-order valence-electron chi connectivity index (χ4n) is 3.43. The van der Waals surface area contributed by atoms with E-state index in [0.717, 1.165) is 30.9 Å². The van der Waals surface area contributed by atoms with E-state index in [1.807, 2.05) is 19.9 Å². The Morgan fingerprint density at radius 2 is 1.85 bits per heavy atom. The van der Waals surface area contributed by atoms with Crippen molar-refractivity contribution in [3.63, 3.8) is 0 Å². The van der Waals surface area contributed by atoms with Crippen LogP contribution in [0.3, 0.4) is 0 Å². The van der Waals surface area contributed by atoms with Gasteiger partial charge in [0.25, 0.3) is 5.91 Å². The molecular formula is C20H25F2N3O2. The third kappa shape index (κ3) is 4.54. The molecule has 7 heteroatoms. The summed E-state index contributed by atoms with van der Waals surface area (Å²) in [6, 6.07) is 5.65. The van der Waals surface area contributed by atoms with Crippen LogP contribution in [0.5, 0.6) is 0 Å². The minimum Gasteiger partial charge on any atom is -0.379 e. The molecule has 146 valence electrons. The Kier molecular flexibility index (Phi) is 6.23. The predicted molar refractivity (Wildman–Crippen MR) is 99.0 cm³/mol. The van der Waals surface area contributed by atoms with E-state index in [1.54, 1.807) is 4.57 Å². The van der Waals surface area contributed by atoms with Gasteiger partial charge in [-0.25, -0.2) is 8.78 Å². The number of ether oxygens (including phenoxy) is 1. The van der Waals surface area contributed by atoms with Crippen LogP contribution in [-0.2, 0) is 11.3 Å². The number of carbonyl (C=O) groups excluding carboxylic acids is 1. The van der Waals surface area contributed by atoms with E-state index in [1.165, 1.54) is 18.2 Å². The van der Waals surface area contributed by atoms with Crippen molar-refractivity contribution in [3.8, 4) is 0 Å². The molecule has 0 saturated carbocycles. The lowest BCUT2D eigenvalue weighted by molar-refractivity contribution is 0.0383. The third-order valence-corrected chi connectivity index (χ3v) is 4.90. The Labute approximate surface area is 157 Å². The van der Waals surface area contributed by atoms with Gasteiger partial charge in [-0.3, -0.25) is 9.69 Å². The van der Waals surface area contributed by atoms with Crippen LogP contribution in [0.2, 0.25) is 0 Å². The number of hydrogen-bond donors (Lipinski definition) is 1. The molecule has 1 aliphatic rings. The van der Waals surface area contributed by atoms with Crippen LogP contribution < -0.4 is 5.32 Å². The molecule has 1 saturated heterocycles. The highest BCUT2D eigenvalue weighted by Gasteiger charge is 2.20. The Hall–Kier alpha value is -2.25. The van der Waals surface area contributed by atoms with Gasteiger partial charge in [-0.2, -0.15) is 0 Å². The monoisotopic (exact) mass is 377 g/mol. The zero-order valence-corrected chi connectivity index (χ0v) is 15.7. The standard InChI is InChI=1S/C20H25F2N3O2/c1-14-12-15(2)25(13-16-17(21)4-3-5-18(16)22)19(14)20(26)23-6-7-24-8-10-27-11-9-24/h3-5,12H,6-11,13H2,1-2H3,(H,23,26). The Morgan fingerprint density at radius 1 is 1.19 bits per heavy atom. The van der Waals surface area contributed by atoms with Gasteiger partial charge in [0.2, 0.25) is 0 Å². The van der Waals surface area contributed by atoms with Crippen LogP contribution >= 0.6 is 0 Å². The average Bonchev–Trinajstić information content (AvgIpc) is 2.92. The van der Waals surface area contributed by atoms with Crippen molar-refractivity contribution in [1.82, 2.24) is 14.8 Å². The largest absolute Gasteiger partial charge is 0.379 e. The molecule has 0 aliphatic carbocycles. The molecule has 0 unspecified atom stereocenters. The zero-order valence-electron chi connectivity index (χ0n) is 15.7. The first-order valence-corrected chi connectivity index (χ1v) is 9.15. The van der Waals surface area contributed by atoms with Crippen molar-refractivity contribution in [3.05, 3.63) is 58.4 Å². The summed E-state index contributed by atoms with van der Waals surface area (Å²) in [6.45, 7) is 8.03. The van der Waals surface area contributed by atoms with Crippen molar-refractivity contribution in [1.29, 1.82) is 0 Å². The van der Waals surface area contributed by atoms with Crippen molar-refractivity contribution in [2.75, 3.05) is 39.4 Å². The molecule has 3 rings (SSSR count). The van der Waals surface area contributed by atoms with E-state index in [9.17, 15) is 13.6 Å². The molecular weight excluding hydrogens is 352 g/mol. The first kappa shape index (κ1) is 19.5. The molecule has 1 aromatic heterocycles. The fraction of sp³-hybridized carbons (Fsp3) is 0.450. The molecule has 1 fully saturated rings. The fourth-order valence-corrected chi connectivity index (χ4v) is 3.43.